The van der Waals surface area contributed by atoms with Crippen LogP contribution in [0.1, 0.15) is 66.9 Å². The summed E-state index contributed by atoms with van der Waals surface area (Å²) in [4.78, 5) is 12.7. The number of hydrogen-bond acceptors (Lipinski definition) is 6. The van der Waals surface area contributed by atoms with Gasteiger partial charge >= 0.3 is 11.9 Å². The zero-order valence-electron chi connectivity index (χ0n) is 19.8. The molecule has 0 saturated carbocycles. The number of benzene rings is 2. The molecule has 0 amide bonds. The van der Waals surface area contributed by atoms with E-state index < -0.39 is 29.4 Å². The number of carbonyl (C=O) groups is 1. The van der Waals surface area contributed by atoms with Crippen molar-refractivity contribution >= 4 is 29.3 Å². The molecule has 10 heteroatoms. The van der Waals surface area contributed by atoms with Crippen molar-refractivity contribution in [2.45, 2.75) is 56.1 Å². The van der Waals surface area contributed by atoms with Crippen molar-refractivity contribution in [2.75, 3.05) is 7.11 Å². The van der Waals surface area contributed by atoms with Crippen molar-refractivity contribution < 1.29 is 23.0 Å². The van der Waals surface area contributed by atoms with Gasteiger partial charge in [-0.1, -0.05) is 30.7 Å². The van der Waals surface area contributed by atoms with E-state index in [-0.39, 0.29) is 23.6 Å². The Bertz CT molecular complexity index is 1230. The molecule has 2 atom stereocenters. The second-order valence-electron chi connectivity index (χ2n) is 8.50. The number of esters is 1. The van der Waals surface area contributed by atoms with Gasteiger partial charge in [0.25, 0.3) is 0 Å². The number of thioether (sulfide) groups is 1. The van der Waals surface area contributed by atoms with Gasteiger partial charge in [0.15, 0.2) is 5.82 Å². The number of fused-ring (bicyclic) bond motifs is 3. The van der Waals surface area contributed by atoms with Crippen LogP contribution in [0.2, 0.25) is 5.02 Å². The maximum Gasteiger partial charge on any atom is 0.307 e. The lowest BCUT2D eigenvalue weighted by molar-refractivity contribution is -0.147. The molecule has 186 valence electrons. The molecule has 3 aromatic rings. The van der Waals surface area contributed by atoms with Crippen molar-refractivity contribution in [2.24, 2.45) is 0 Å². The molecule has 2 aromatic carbocycles. The maximum atomic E-state index is 15.0. The molecule has 0 fully saturated rings. The Kier molecular flexibility index (Phi) is 7.38. The Morgan fingerprint density at radius 2 is 2.00 bits per heavy atom. The van der Waals surface area contributed by atoms with E-state index in [1.807, 2.05) is 24.3 Å². The molecule has 0 unspecified atom stereocenters. The minimum atomic E-state index is -3.22. The fourth-order valence-corrected chi connectivity index (χ4v) is 5.69. The molecule has 0 radical (unpaired) electrons. The molecular formula is C25H26ClF2N3O3S. The number of carbonyl (C=O) groups excluding carboxylic acids is 1. The first-order chi connectivity index (χ1) is 16.6. The van der Waals surface area contributed by atoms with Gasteiger partial charge in [-0.15, -0.1) is 22.0 Å². The molecule has 1 aromatic heterocycles. The number of aromatic nitrogens is 3. The molecule has 1 aliphatic rings. The van der Waals surface area contributed by atoms with E-state index in [0.29, 0.717) is 22.0 Å². The lowest BCUT2D eigenvalue weighted by Crippen LogP contribution is -2.20. The van der Waals surface area contributed by atoms with Gasteiger partial charge in [0.1, 0.15) is 5.75 Å². The SMILES string of the molecule is CCC(F)(F)c1nnc2n1-c1ccc(Cl)cc1[C@@H](c1cccc(OC)c1)S[C@@H]2CC(=O)OC(C)C. The number of methoxy groups -OCH3 is 1. The first-order valence-corrected chi connectivity index (χ1v) is 12.6. The molecule has 0 spiro atoms. The van der Waals surface area contributed by atoms with Crippen LogP contribution in [-0.4, -0.2) is 33.9 Å². The van der Waals surface area contributed by atoms with Crippen molar-refractivity contribution in [3.8, 4) is 11.4 Å². The van der Waals surface area contributed by atoms with Gasteiger partial charge in [-0.2, -0.15) is 8.78 Å². The number of rotatable bonds is 7. The molecule has 35 heavy (non-hydrogen) atoms. The molecule has 0 bridgehead atoms. The van der Waals surface area contributed by atoms with Gasteiger partial charge in [0.2, 0.25) is 5.82 Å². The summed E-state index contributed by atoms with van der Waals surface area (Å²) < 4.78 is 42.2. The molecule has 0 N–H and O–H groups in total. The third-order valence-electron chi connectivity index (χ3n) is 5.68. The molecule has 6 nitrogen and oxygen atoms in total. The predicted octanol–water partition coefficient (Wildman–Crippen LogP) is 6.65. The molecule has 4 rings (SSSR count). The van der Waals surface area contributed by atoms with E-state index in [9.17, 15) is 4.79 Å². The van der Waals surface area contributed by atoms with Crippen molar-refractivity contribution in [1.29, 1.82) is 0 Å². The number of alkyl halides is 2. The van der Waals surface area contributed by atoms with Gasteiger partial charge < -0.3 is 9.47 Å². The van der Waals surface area contributed by atoms with Gasteiger partial charge in [0, 0.05) is 11.4 Å². The van der Waals surface area contributed by atoms with E-state index in [1.54, 1.807) is 39.2 Å². The summed E-state index contributed by atoms with van der Waals surface area (Å²) in [6, 6.07) is 12.6. The summed E-state index contributed by atoms with van der Waals surface area (Å²) in [5, 5.41) is 7.59. The second kappa shape index (κ2) is 10.1. The van der Waals surface area contributed by atoms with Gasteiger partial charge in [0.05, 0.1) is 35.8 Å². The Morgan fingerprint density at radius 1 is 1.23 bits per heavy atom. The zero-order valence-corrected chi connectivity index (χ0v) is 21.4. The maximum absolute atomic E-state index is 15.0. The van der Waals surface area contributed by atoms with E-state index in [2.05, 4.69) is 10.2 Å². The minimum Gasteiger partial charge on any atom is -0.497 e. The quantitative estimate of drug-likeness (QED) is 0.324. The van der Waals surface area contributed by atoms with E-state index in [1.165, 1.54) is 23.3 Å². The lowest BCUT2D eigenvalue weighted by atomic mass is 10.0. The number of hydrogen-bond donors (Lipinski definition) is 0. The Morgan fingerprint density at radius 3 is 2.69 bits per heavy atom. The number of nitrogens with zero attached hydrogens (tertiary/aromatic N) is 3. The third-order valence-corrected chi connectivity index (χ3v) is 7.42. The van der Waals surface area contributed by atoms with E-state index in [0.717, 1.165) is 5.56 Å². The fraction of sp³-hybridized carbons (Fsp3) is 0.400. The first-order valence-electron chi connectivity index (χ1n) is 11.3. The van der Waals surface area contributed by atoms with Crippen LogP contribution in [0.25, 0.3) is 5.69 Å². The summed E-state index contributed by atoms with van der Waals surface area (Å²) in [7, 11) is 1.58. The smallest absolute Gasteiger partial charge is 0.307 e. The molecule has 1 aliphatic heterocycles. The highest BCUT2D eigenvalue weighted by Gasteiger charge is 2.42. The van der Waals surface area contributed by atoms with E-state index >= 15 is 8.78 Å². The lowest BCUT2D eigenvalue weighted by Gasteiger charge is -2.22. The van der Waals surface area contributed by atoms with E-state index in [4.69, 9.17) is 21.1 Å². The highest BCUT2D eigenvalue weighted by molar-refractivity contribution is 8.00. The Labute approximate surface area is 212 Å². The van der Waals surface area contributed by atoms with Gasteiger partial charge in [-0.25, -0.2) is 0 Å². The normalized spacial score (nSPS) is 17.5. The van der Waals surface area contributed by atoms with Crippen LogP contribution >= 0.6 is 23.4 Å². The minimum absolute atomic E-state index is 0.0547. The van der Waals surface area contributed by atoms with Gasteiger partial charge in [-0.3, -0.25) is 9.36 Å². The van der Waals surface area contributed by atoms with Crippen LogP contribution in [-0.2, 0) is 15.5 Å². The molecule has 0 aliphatic carbocycles. The van der Waals surface area contributed by atoms with Crippen LogP contribution in [0.15, 0.2) is 42.5 Å². The standard InChI is InChI=1S/C25H26ClF2N3O3S/c1-5-25(27,28)24-30-29-23-20(13-21(32)34-14(2)3)35-22(15-7-6-8-17(11-15)33-4)18-12-16(26)9-10-19(18)31(23)24/h6-12,14,20,22H,5,13H2,1-4H3/t20-,22-/m1/s1. The van der Waals surface area contributed by atoms with Crippen LogP contribution in [0.4, 0.5) is 8.78 Å². The topological polar surface area (TPSA) is 66.2 Å². The highest BCUT2D eigenvalue weighted by atomic mass is 35.5. The summed E-state index contributed by atoms with van der Waals surface area (Å²) in [6.45, 7) is 4.92. The number of ether oxygens (including phenoxy) is 2. The summed E-state index contributed by atoms with van der Waals surface area (Å²) >= 11 is 7.80. The monoisotopic (exact) mass is 521 g/mol. The Hall–Kier alpha value is -2.65. The number of halogens is 3. The van der Waals surface area contributed by atoms with Crippen molar-refractivity contribution in [3.63, 3.8) is 0 Å². The molecule has 0 saturated heterocycles. The van der Waals surface area contributed by atoms with Crippen LogP contribution in [0.5, 0.6) is 5.75 Å². The predicted molar refractivity (Wildman–Crippen MR) is 132 cm³/mol. The fourth-order valence-electron chi connectivity index (χ4n) is 4.04. The first kappa shape index (κ1) is 25.4. The Balaban J connectivity index is 1.94. The second-order valence-corrected chi connectivity index (χ2v) is 10.3. The van der Waals surface area contributed by atoms with Crippen LogP contribution in [0.3, 0.4) is 0 Å². The summed E-state index contributed by atoms with van der Waals surface area (Å²) in [5.41, 5.74) is 2.09. The molecule has 2 heterocycles. The average molecular weight is 522 g/mol. The zero-order chi connectivity index (χ0) is 25.3. The summed E-state index contributed by atoms with van der Waals surface area (Å²) in [6.07, 6.45) is -0.803. The third kappa shape index (κ3) is 5.16. The molecular weight excluding hydrogens is 496 g/mol. The van der Waals surface area contributed by atoms with Crippen molar-refractivity contribution in [3.05, 3.63) is 70.3 Å². The van der Waals surface area contributed by atoms with Crippen LogP contribution in [0, 0.1) is 0 Å². The highest BCUT2D eigenvalue weighted by Crippen LogP contribution is 2.52. The summed E-state index contributed by atoms with van der Waals surface area (Å²) in [5.74, 6) is -3.19. The average Bonchev–Trinajstić information content (AvgIpc) is 3.22. The van der Waals surface area contributed by atoms with Crippen molar-refractivity contribution in [1.82, 2.24) is 14.8 Å². The van der Waals surface area contributed by atoms with Crippen LogP contribution < -0.4 is 4.74 Å². The largest absolute Gasteiger partial charge is 0.497 e. The van der Waals surface area contributed by atoms with Gasteiger partial charge in [-0.05, 0) is 55.3 Å².